The summed E-state index contributed by atoms with van der Waals surface area (Å²) in [7, 11) is 0. The number of piperidine rings is 1. The van der Waals surface area contributed by atoms with E-state index >= 15 is 0 Å². The molecule has 0 bridgehead atoms. The zero-order valence-electron chi connectivity index (χ0n) is 6.72. The second-order valence-corrected chi connectivity index (χ2v) is 2.95. The minimum atomic E-state index is -1.08. The Bertz CT molecular complexity index is 165. The summed E-state index contributed by atoms with van der Waals surface area (Å²) >= 11 is 0. The number of halogens is 1. The molecule has 0 radical (unpaired) electrons. The van der Waals surface area contributed by atoms with Crippen molar-refractivity contribution >= 4 is 6.09 Å². The van der Waals surface area contributed by atoms with Crippen molar-refractivity contribution in [2.24, 2.45) is 5.92 Å². The van der Waals surface area contributed by atoms with E-state index in [9.17, 15) is 9.18 Å². The Hall–Kier alpha value is -0.840. The molecule has 1 aliphatic heterocycles. The number of carbonyl (C=O) groups is 1. The summed E-state index contributed by atoms with van der Waals surface area (Å²) in [5.74, 6) is -0.164. The second kappa shape index (κ2) is 4.25. The first-order valence-electron chi connectivity index (χ1n) is 4.01. The van der Waals surface area contributed by atoms with Crippen molar-refractivity contribution < 1.29 is 14.3 Å². The van der Waals surface area contributed by atoms with E-state index in [1.54, 1.807) is 0 Å². The molecule has 0 saturated carbocycles. The highest BCUT2D eigenvalue weighted by molar-refractivity contribution is 5.64. The van der Waals surface area contributed by atoms with Gasteiger partial charge >= 0.3 is 6.09 Å². The molecule has 1 saturated heterocycles. The number of hydrogen-bond acceptors (Lipinski definition) is 2. The van der Waals surface area contributed by atoms with Gasteiger partial charge in [0.15, 0.2) is 0 Å². The fourth-order valence-electron chi connectivity index (χ4n) is 1.32. The molecule has 1 fully saturated rings. The Morgan fingerprint density at radius 1 is 1.75 bits per heavy atom. The topological polar surface area (TPSA) is 61.4 Å². The molecule has 0 unspecified atom stereocenters. The van der Waals surface area contributed by atoms with Gasteiger partial charge in [0.2, 0.25) is 0 Å². The maximum Gasteiger partial charge on any atom is 0.404 e. The molecule has 1 heterocycles. The molecule has 0 aromatic carbocycles. The molecule has 1 amide bonds. The normalized spacial score (nSPS) is 29.8. The van der Waals surface area contributed by atoms with E-state index in [1.807, 2.05) is 0 Å². The molecular formula is C7H13FN2O2. The van der Waals surface area contributed by atoms with Crippen LogP contribution in [0.25, 0.3) is 0 Å². The zero-order valence-corrected chi connectivity index (χ0v) is 6.72. The van der Waals surface area contributed by atoms with Crippen LogP contribution >= 0.6 is 0 Å². The maximum atomic E-state index is 13.0. The molecule has 12 heavy (non-hydrogen) atoms. The summed E-state index contributed by atoms with van der Waals surface area (Å²) in [5, 5.41) is 13.4. The smallest absolute Gasteiger partial charge is 0.404 e. The lowest BCUT2D eigenvalue weighted by Crippen LogP contribution is -2.43. The Kier molecular flexibility index (Phi) is 3.28. The van der Waals surface area contributed by atoms with Crippen molar-refractivity contribution in [2.75, 3.05) is 19.6 Å². The lowest BCUT2D eigenvalue weighted by atomic mass is 9.96. The van der Waals surface area contributed by atoms with Gasteiger partial charge in [-0.15, -0.1) is 0 Å². The molecule has 4 nitrogen and oxygen atoms in total. The van der Waals surface area contributed by atoms with Crippen LogP contribution in [-0.2, 0) is 0 Å². The molecule has 2 atom stereocenters. The van der Waals surface area contributed by atoms with Gasteiger partial charge in [-0.1, -0.05) is 0 Å². The van der Waals surface area contributed by atoms with Crippen LogP contribution < -0.4 is 10.6 Å². The quantitative estimate of drug-likeness (QED) is 0.563. The molecule has 1 aliphatic rings. The summed E-state index contributed by atoms with van der Waals surface area (Å²) in [6.07, 6.45) is -1.31. The summed E-state index contributed by atoms with van der Waals surface area (Å²) in [6, 6.07) is 0. The Labute approximate surface area is 70.1 Å². The van der Waals surface area contributed by atoms with Crippen molar-refractivity contribution in [2.45, 2.75) is 12.6 Å². The fraction of sp³-hybridized carbons (Fsp3) is 0.857. The third kappa shape index (κ3) is 2.65. The number of rotatable bonds is 2. The summed E-state index contributed by atoms with van der Waals surface area (Å²) < 4.78 is 13.0. The van der Waals surface area contributed by atoms with Crippen LogP contribution in [0.3, 0.4) is 0 Å². The number of hydrogen-bond donors (Lipinski definition) is 3. The molecule has 5 heteroatoms. The van der Waals surface area contributed by atoms with Crippen molar-refractivity contribution in [3.63, 3.8) is 0 Å². The fourth-order valence-corrected chi connectivity index (χ4v) is 1.32. The zero-order chi connectivity index (χ0) is 8.97. The highest BCUT2D eigenvalue weighted by Gasteiger charge is 2.24. The van der Waals surface area contributed by atoms with E-state index in [-0.39, 0.29) is 12.5 Å². The maximum absolute atomic E-state index is 13.0. The Balaban J connectivity index is 2.24. The Morgan fingerprint density at radius 2 is 2.50 bits per heavy atom. The van der Waals surface area contributed by atoms with E-state index in [2.05, 4.69) is 10.6 Å². The average molecular weight is 176 g/mol. The third-order valence-corrected chi connectivity index (χ3v) is 2.06. The molecule has 0 aliphatic carbocycles. The number of nitrogens with one attached hydrogen (secondary N) is 2. The van der Waals surface area contributed by atoms with Crippen molar-refractivity contribution in [1.82, 2.24) is 10.6 Å². The molecule has 3 N–H and O–H groups in total. The van der Waals surface area contributed by atoms with Gasteiger partial charge in [0.05, 0.1) is 0 Å². The number of alkyl halides is 1. The van der Waals surface area contributed by atoms with Gasteiger partial charge in [-0.25, -0.2) is 9.18 Å². The largest absolute Gasteiger partial charge is 0.465 e. The van der Waals surface area contributed by atoms with E-state index in [0.717, 1.165) is 6.54 Å². The van der Waals surface area contributed by atoms with E-state index in [0.29, 0.717) is 13.0 Å². The molecule has 0 spiro atoms. The summed E-state index contributed by atoms with van der Waals surface area (Å²) in [4.78, 5) is 10.1. The van der Waals surface area contributed by atoms with Gasteiger partial charge in [0.1, 0.15) is 6.17 Å². The molecule has 70 valence electrons. The van der Waals surface area contributed by atoms with Crippen LogP contribution in [0, 0.1) is 5.92 Å². The monoisotopic (exact) mass is 176 g/mol. The SMILES string of the molecule is O=C(O)NC[C@@H]1CCNC[C@H]1F. The van der Waals surface area contributed by atoms with Crippen molar-refractivity contribution in [3.8, 4) is 0 Å². The van der Waals surface area contributed by atoms with E-state index in [4.69, 9.17) is 5.11 Å². The first kappa shape index (κ1) is 9.25. The van der Waals surface area contributed by atoms with E-state index < -0.39 is 12.3 Å². The molecular weight excluding hydrogens is 163 g/mol. The number of carboxylic acid groups (broad SMARTS) is 1. The van der Waals surface area contributed by atoms with Gasteiger partial charge in [-0.3, -0.25) is 0 Å². The van der Waals surface area contributed by atoms with Crippen LogP contribution in [0.2, 0.25) is 0 Å². The minimum absolute atomic E-state index is 0.164. The van der Waals surface area contributed by atoms with Gasteiger partial charge in [0.25, 0.3) is 0 Å². The predicted octanol–water partition coefficient (Wildman–Crippen LogP) is 0.202. The molecule has 0 aromatic rings. The van der Waals surface area contributed by atoms with Crippen LogP contribution in [0.15, 0.2) is 0 Å². The van der Waals surface area contributed by atoms with Crippen LogP contribution in [-0.4, -0.2) is 37.0 Å². The van der Waals surface area contributed by atoms with Gasteiger partial charge in [-0.2, -0.15) is 0 Å². The molecule has 1 rings (SSSR count). The average Bonchev–Trinajstić information content (AvgIpc) is 2.03. The minimum Gasteiger partial charge on any atom is -0.465 e. The second-order valence-electron chi connectivity index (χ2n) is 2.95. The lowest BCUT2D eigenvalue weighted by Gasteiger charge is -2.26. The van der Waals surface area contributed by atoms with Gasteiger partial charge in [0, 0.05) is 19.0 Å². The predicted molar refractivity (Wildman–Crippen MR) is 41.9 cm³/mol. The first-order chi connectivity index (χ1) is 5.70. The van der Waals surface area contributed by atoms with Gasteiger partial charge in [-0.05, 0) is 13.0 Å². The molecule has 0 aromatic heterocycles. The summed E-state index contributed by atoms with van der Waals surface area (Å²) in [5.41, 5.74) is 0. The van der Waals surface area contributed by atoms with Gasteiger partial charge < -0.3 is 15.7 Å². The lowest BCUT2D eigenvalue weighted by molar-refractivity contribution is 0.164. The van der Waals surface area contributed by atoms with Crippen LogP contribution in [0.1, 0.15) is 6.42 Å². The third-order valence-electron chi connectivity index (χ3n) is 2.06. The van der Waals surface area contributed by atoms with E-state index in [1.165, 1.54) is 0 Å². The van der Waals surface area contributed by atoms with Crippen LogP contribution in [0.5, 0.6) is 0 Å². The standard InChI is InChI=1S/C7H13FN2O2/c8-6-4-9-2-1-5(6)3-10-7(11)12/h5-6,9-10H,1-4H2,(H,11,12)/t5-,6+/m0/s1. The van der Waals surface area contributed by atoms with Crippen molar-refractivity contribution in [3.05, 3.63) is 0 Å². The Morgan fingerprint density at radius 3 is 3.08 bits per heavy atom. The number of amides is 1. The van der Waals surface area contributed by atoms with Crippen molar-refractivity contribution in [1.29, 1.82) is 0 Å². The first-order valence-corrected chi connectivity index (χ1v) is 4.01. The highest BCUT2D eigenvalue weighted by Crippen LogP contribution is 2.14. The summed E-state index contributed by atoms with van der Waals surface area (Å²) in [6.45, 7) is 1.33. The highest BCUT2D eigenvalue weighted by atomic mass is 19.1. The van der Waals surface area contributed by atoms with Crippen LogP contribution in [0.4, 0.5) is 9.18 Å².